The van der Waals surface area contributed by atoms with Crippen molar-refractivity contribution in [3.05, 3.63) is 29.8 Å². The molecular weight excluding hydrogens is 242 g/mol. The molecule has 1 aromatic rings. The summed E-state index contributed by atoms with van der Waals surface area (Å²) in [5.41, 5.74) is 1.11. The van der Waals surface area contributed by atoms with Crippen molar-refractivity contribution in [2.24, 2.45) is 0 Å². The fourth-order valence-corrected chi connectivity index (χ4v) is 1.83. The fourth-order valence-electron chi connectivity index (χ4n) is 1.83. The third-order valence-corrected chi connectivity index (χ3v) is 2.66. The van der Waals surface area contributed by atoms with Crippen molar-refractivity contribution in [3.63, 3.8) is 0 Å². The second kappa shape index (κ2) is 9.78. The molecule has 108 valence electrons. The van der Waals surface area contributed by atoms with Crippen LogP contribution in [0.4, 0.5) is 0 Å². The van der Waals surface area contributed by atoms with E-state index in [2.05, 4.69) is 12.2 Å². The summed E-state index contributed by atoms with van der Waals surface area (Å²) in [5, 5.41) is 3.35. The molecule has 0 aliphatic rings. The van der Waals surface area contributed by atoms with Crippen molar-refractivity contribution in [2.45, 2.75) is 26.1 Å². The Morgan fingerprint density at radius 2 is 2.05 bits per heavy atom. The molecule has 0 aliphatic heterocycles. The van der Waals surface area contributed by atoms with Gasteiger partial charge in [0.1, 0.15) is 11.9 Å². The van der Waals surface area contributed by atoms with Gasteiger partial charge in [-0.05, 0) is 30.7 Å². The Balaban J connectivity index is 2.54. The SMILES string of the molecule is CCCNCC(COC)Oc1cccc(COC)c1. The first-order valence-electron chi connectivity index (χ1n) is 6.74. The molecule has 0 radical (unpaired) electrons. The van der Waals surface area contributed by atoms with Gasteiger partial charge in [-0.1, -0.05) is 19.1 Å². The summed E-state index contributed by atoms with van der Waals surface area (Å²) in [4.78, 5) is 0. The van der Waals surface area contributed by atoms with Gasteiger partial charge in [-0.15, -0.1) is 0 Å². The molecule has 0 heterocycles. The lowest BCUT2D eigenvalue weighted by Gasteiger charge is -2.19. The summed E-state index contributed by atoms with van der Waals surface area (Å²) in [6, 6.07) is 7.97. The van der Waals surface area contributed by atoms with Crippen molar-refractivity contribution >= 4 is 0 Å². The lowest BCUT2D eigenvalue weighted by atomic mass is 10.2. The van der Waals surface area contributed by atoms with Crippen molar-refractivity contribution in [1.29, 1.82) is 0 Å². The Labute approximate surface area is 116 Å². The lowest BCUT2D eigenvalue weighted by molar-refractivity contribution is 0.0805. The molecule has 1 unspecified atom stereocenters. The zero-order valence-electron chi connectivity index (χ0n) is 12.1. The first kappa shape index (κ1) is 16.0. The summed E-state index contributed by atoms with van der Waals surface area (Å²) in [7, 11) is 3.38. The molecule has 0 bridgehead atoms. The van der Waals surface area contributed by atoms with Crippen molar-refractivity contribution in [2.75, 3.05) is 33.9 Å². The monoisotopic (exact) mass is 267 g/mol. The number of hydrogen-bond donors (Lipinski definition) is 1. The molecule has 0 aliphatic carbocycles. The maximum atomic E-state index is 5.95. The van der Waals surface area contributed by atoms with E-state index in [0.29, 0.717) is 13.2 Å². The molecular formula is C15H25NO3. The number of hydrogen-bond acceptors (Lipinski definition) is 4. The second-order valence-corrected chi connectivity index (χ2v) is 4.48. The Bertz CT molecular complexity index is 344. The van der Waals surface area contributed by atoms with Crippen LogP contribution in [0, 0.1) is 0 Å². The molecule has 1 atom stereocenters. The van der Waals surface area contributed by atoms with Crippen LogP contribution in [-0.4, -0.2) is 40.0 Å². The number of methoxy groups -OCH3 is 2. The van der Waals surface area contributed by atoms with E-state index in [9.17, 15) is 0 Å². The van der Waals surface area contributed by atoms with Crippen LogP contribution in [0.2, 0.25) is 0 Å². The average molecular weight is 267 g/mol. The van der Waals surface area contributed by atoms with Gasteiger partial charge in [-0.2, -0.15) is 0 Å². The van der Waals surface area contributed by atoms with Crippen LogP contribution in [0.1, 0.15) is 18.9 Å². The molecule has 1 aromatic carbocycles. The maximum absolute atomic E-state index is 5.95. The zero-order valence-corrected chi connectivity index (χ0v) is 12.1. The summed E-state index contributed by atoms with van der Waals surface area (Å²) in [6.07, 6.45) is 1.14. The van der Waals surface area contributed by atoms with Crippen LogP contribution in [-0.2, 0) is 16.1 Å². The van der Waals surface area contributed by atoms with Crippen molar-refractivity contribution in [1.82, 2.24) is 5.32 Å². The van der Waals surface area contributed by atoms with E-state index in [1.807, 2.05) is 24.3 Å². The Morgan fingerprint density at radius 1 is 1.21 bits per heavy atom. The molecule has 0 aromatic heterocycles. The first-order chi connectivity index (χ1) is 9.30. The second-order valence-electron chi connectivity index (χ2n) is 4.48. The van der Waals surface area contributed by atoms with Gasteiger partial charge in [-0.3, -0.25) is 0 Å². The molecule has 19 heavy (non-hydrogen) atoms. The maximum Gasteiger partial charge on any atom is 0.134 e. The summed E-state index contributed by atoms with van der Waals surface area (Å²) >= 11 is 0. The molecule has 0 saturated carbocycles. The quantitative estimate of drug-likeness (QED) is 0.660. The van der Waals surface area contributed by atoms with E-state index < -0.39 is 0 Å². The fraction of sp³-hybridized carbons (Fsp3) is 0.600. The van der Waals surface area contributed by atoms with Gasteiger partial charge in [0, 0.05) is 20.8 Å². The lowest BCUT2D eigenvalue weighted by Crippen LogP contribution is -2.35. The molecule has 1 N–H and O–H groups in total. The highest BCUT2D eigenvalue weighted by molar-refractivity contribution is 5.28. The standard InChI is InChI=1S/C15H25NO3/c1-4-8-16-10-15(12-18-3)19-14-7-5-6-13(9-14)11-17-2/h5-7,9,15-16H,4,8,10-12H2,1-3H3. The topological polar surface area (TPSA) is 39.7 Å². The van der Waals surface area contributed by atoms with Gasteiger partial charge in [0.05, 0.1) is 13.2 Å². The van der Waals surface area contributed by atoms with Gasteiger partial charge < -0.3 is 19.5 Å². The number of benzene rings is 1. The van der Waals surface area contributed by atoms with E-state index in [-0.39, 0.29) is 6.10 Å². The van der Waals surface area contributed by atoms with Crippen LogP contribution in [0.25, 0.3) is 0 Å². The normalized spacial score (nSPS) is 12.4. The van der Waals surface area contributed by atoms with E-state index in [1.165, 1.54) is 0 Å². The van der Waals surface area contributed by atoms with Crippen LogP contribution in [0.3, 0.4) is 0 Å². The zero-order chi connectivity index (χ0) is 13.9. The average Bonchev–Trinajstić information content (AvgIpc) is 2.40. The predicted octanol–water partition coefficient (Wildman–Crippen LogP) is 2.23. The minimum Gasteiger partial charge on any atom is -0.487 e. The Hall–Kier alpha value is -1.10. The highest BCUT2D eigenvalue weighted by Gasteiger charge is 2.10. The van der Waals surface area contributed by atoms with Crippen LogP contribution in [0.15, 0.2) is 24.3 Å². The van der Waals surface area contributed by atoms with Gasteiger partial charge >= 0.3 is 0 Å². The molecule has 0 fully saturated rings. The van der Waals surface area contributed by atoms with E-state index in [0.717, 1.165) is 30.8 Å². The summed E-state index contributed by atoms with van der Waals surface area (Å²) in [6.45, 7) is 5.10. The highest BCUT2D eigenvalue weighted by atomic mass is 16.5. The third-order valence-electron chi connectivity index (χ3n) is 2.66. The molecule has 0 amide bonds. The van der Waals surface area contributed by atoms with Crippen LogP contribution in [0.5, 0.6) is 5.75 Å². The number of ether oxygens (including phenoxy) is 3. The molecule has 1 rings (SSSR count). The Kier molecular flexibility index (Phi) is 8.21. The molecule has 0 saturated heterocycles. The van der Waals surface area contributed by atoms with Crippen LogP contribution >= 0.6 is 0 Å². The van der Waals surface area contributed by atoms with Gasteiger partial charge in [0.25, 0.3) is 0 Å². The molecule has 4 heteroatoms. The van der Waals surface area contributed by atoms with E-state index >= 15 is 0 Å². The molecule has 0 spiro atoms. The summed E-state index contributed by atoms with van der Waals surface area (Å²) < 4.78 is 16.3. The van der Waals surface area contributed by atoms with E-state index in [4.69, 9.17) is 14.2 Å². The van der Waals surface area contributed by atoms with Crippen molar-refractivity contribution < 1.29 is 14.2 Å². The highest BCUT2D eigenvalue weighted by Crippen LogP contribution is 2.15. The number of nitrogens with one attached hydrogen (secondary N) is 1. The third kappa shape index (κ3) is 6.57. The Morgan fingerprint density at radius 3 is 2.74 bits per heavy atom. The molecule has 4 nitrogen and oxygen atoms in total. The number of rotatable bonds is 10. The minimum atomic E-state index is 0.0225. The van der Waals surface area contributed by atoms with Gasteiger partial charge in [0.2, 0.25) is 0 Å². The van der Waals surface area contributed by atoms with Crippen molar-refractivity contribution in [3.8, 4) is 5.75 Å². The predicted molar refractivity (Wildman–Crippen MR) is 76.6 cm³/mol. The van der Waals surface area contributed by atoms with E-state index in [1.54, 1.807) is 14.2 Å². The smallest absolute Gasteiger partial charge is 0.134 e. The largest absolute Gasteiger partial charge is 0.487 e. The first-order valence-corrected chi connectivity index (χ1v) is 6.74. The van der Waals surface area contributed by atoms with Crippen LogP contribution < -0.4 is 10.1 Å². The minimum absolute atomic E-state index is 0.0225. The summed E-state index contributed by atoms with van der Waals surface area (Å²) in [5.74, 6) is 0.856. The van der Waals surface area contributed by atoms with Gasteiger partial charge in [0.15, 0.2) is 0 Å². The van der Waals surface area contributed by atoms with Gasteiger partial charge in [-0.25, -0.2) is 0 Å².